The SMILES string of the molecule is CN(O)C(=O)CCCCSCCC1C2CCC(O2)C1CSCc1ccccc1. The van der Waals surface area contributed by atoms with Crippen LogP contribution in [-0.2, 0) is 15.3 Å². The molecule has 1 aromatic rings. The van der Waals surface area contributed by atoms with Gasteiger partial charge < -0.3 is 4.74 Å². The van der Waals surface area contributed by atoms with Crippen LogP contribution in [0.1, 0.15) is 44.1 Å². The largest absolute Gasteiger partial charge is 0.374 e. The van der Waals surface area contributed by atoms with E-state index >= 15 is 0 Å². The van der Waals surface area contributed by atoms with Crippen LogP contribution in [0.3, 0.4) is 0 Å². The number of unbranched alkanes of at least 4 members (excludes halogenated alkanes) is 1. The van der Waals surface area contributed by atoms with Gasteiger partial charge >= 0.3 is 0 Å². The maximum Gasteiger partial charge on any atom is 0.245 e. The molecule has 0 aromatic heterocycles. The van der Waals surface area contributed by atoms with Crippen molar-refractivity contribution < 1.29 is 14.7 Å². The predicted molar refractivity (Wildman–Crippen MR) is 118 cm³/mol. The van der Waals surface area contributed by atoms with E-state index in [0.29, 0.717) is 29.6 Å². The second-order valence-electron chi connectivity index (χ2n) is 7.89. The second kappa shape index (κ2) is 11.5. The molecule has 2 heterocycles. The van der Waals surface area contributed by atoms with Gasteiger partial charge in [0, 0.05) is 19.2 Å². The average molecular weight is 424 g/mol. The van der Waals surface area contributed by atoms with Gasteiger partial charge in [0.25, 0.3) is 0 Å². The lowest BCUT2D eigenvalue weighted by atomic mass is 9.79. The molecule has 1 N–H and O–H groups in total. The van der Waals surface area contributed by atoms with Crippen molar-refractivity contribution in [2.45, 2.75) is 56.5 Å². The minimum atomic E-state index is -0.194. The molecular formula is C22H33NO3S2. The van der Waals surface area contributed by atoms with Crippen molar-refractivity contribution in [3.8, 4) is 0 Å². The number of hydroxylamine groups is 2. The molecule has 6 heteroatoms. The van der Waals surface area contributed by atoms with Crippen LogP contribution in [0.25, 0.3) is 0 Å². The molecule has 2 aliphatic rings. The first kappa shape index (κ1) is 22.0. The van der Waals surface area contributed by atoms with Gasteiger partial charge in [-0.2, -0.15) is 23.5 Å². The van der Waals surface area contributed by atoms with E-state index in [2.05, 4.69) is 42.1 Å². The Morgan fingerprint density at radius 1 is 1.11 bits per heavy atom. The van der Waals surface area contributed by atoms with Crippen LogP contribution in [0.15, 0.2) is 30.3 Å². The van der Waals surface area contributed by atoms with Gasteiger partial charge in [-0.15, -0.1) is 0 Å². The number of carbonyl (C=O) groups excluding carboxylic acids is 1. The minimum absolute atomic E-state index is 0.194. The van der Waals surface area contributed by atoms with Crippen LogP contribution in [-0.4, -0.2) is 52.7 Å². The molecule has 4 atom stereocenters. The number of hydrogen-bond acceptors (Lipinski definition) is 5. The van der Waals surface area contributed by atoms with Crippen molar-refractivity contribution in [1.29, 1.82) is 0 Å². The molecule has 0 aliphatic carbocycles. The maximum atomic E-state index is 11.3. The summed E-state index contributed by atoms with van der Waals surface area (Å²) >= 11 is 4.06. The number of hydrogen-bond donors (Lipinski definition) is 1. The van der Waals surface area contributed by atoms with Crippen molar-refractivity contribution in [2.24, 2.45) is 11.8 Å². The van der Waals surface area contributed by atoms with E-state index in [1.54, 1.807) is 0 Å². The molecule has 0 spiro atoms. The number of thioether (sulfide) groups is 2. The van der Waals surface area contributed by atoms with E-state index in [9.17, 15) is 4.79 Å². The number of rotatable bonds is 12. The van der Waals surface area contributed by atoms with Gasteiger partial charge in [-0.25, -0.2) is 5.06 Å². The number of benzene rings is 1. The van der Waals surface area contributed by atoms with Crippen molar-refractivity contribution in [2.75, 3.05) is 24.3 Å². The van der Waals surface area contributed by atoms with E-state index in [1.807, 2.05) is 11.8 Å². The van der Waals surface area contributed by atoms with Crippen molar-refractivity contribution in [3.63, 3.8) is 0 Å². The van der Waals surface area contributed by atoms with Gasteiger partial charge in [0.1, 0.15) is 0 Å². The molecule has 2 aliphatic heterocycles. The van der Waals surface area contributed by atoms with E-state index in [-0.39, 0.29) is 5.91 Å². The zero-order valence-electron chi connectivity index (χ0n) is 16.8. The highest BCUT2D eigenvalue weighted by atomic mass is 32.2. The maximum absolute atomic E-state index is 11.3. The fourth-order valence-electron chi connectivity index (χ4n) is 4.35. The summed E-state index contributed by atoms with van der Waals surface area (Å²) in [6.07, 6.45) is 7.06. The summed E-state index contributed by atoms with van der Waals surface area (Å²) in [6, 6.07) is 10.7. The highest BCUT2D eigenvalue weighted by Gasteiger charge is 2.47. The van der Waals surface area contributed by atoms with Crippen LogP contribution in [0.2, 0.25) is 0 Å². The lowest BCUT2D eigenvalue weighted by Crippen LogP contribution is -2.29. The number of nitrogens with zero attached hydrogens (tertiary/aromatic N) is 1. The fourth-order valence-corrected chi connectivity index (χ4v) is 6.68. The summed E-state index contributed by atoms with van der Waals surface area (Å²) in [5, 5.41) is 9.74. The lowest BCUT2D eigenvalue weighted by Gasteiger charge is -2.27. The Morgan fingerprint density at radius 2 is 1.86 bits per heavy atom. The Kier molecular flexibility index (Phi) is 9.03. The first-order valence-electron chi connectivity index (χ1n) is 10.5. The molecule has 1 aromatic carbocycles. The molecule has 4 nitrogen and oxygen atoms in total. The molecule has 3 rings (SSSR count). The average Bonchev–Trinajstić information content (AvgIpc) is 3.30. The van der Waals surface area contributed by atoms with Crippen molar-refractivity contribution in [3.05, 3.63) is 35.9 Å². The molecule has 2 bridgehead atoms. The Balaban J connectivity index is 1.31. The van der Waals surface area contributed by atoms with Gasteiger partial charge in [0.2, 0.25) is 5.91 Å². The van der Waals surface area contributed by atoms with Crippen molar-refractivity contribution >= 4 is 29.4 Å². The van der Waals surface area contributed by atoms with Crippen molar-refractivity contribution in [1.82, 2.24) is 5.06 Å². The highest BCUT2D eigenvalue weighted by molar-refractivity contribution is 7.99. The highest BCUT2D eigenvalue weighted by Crippen LogP contribution is 2.46. The van der Waals surface area contributed by atoms with Gasteiger partial charge in [0.15, 0.2) is 0 Å². The zero-order chi connectivity index (χ0) is 19.8. The Morgan fingerprint density at radius 3 is 2.61 bits per heavy atom. The smallest absolute Gasteiger partial charge is 0.245 e. The number of carbonyl (C=O) groups is 1. The second-order valence-corrected chi connectivity index (χ2v) is 10.1. The predicted octanol–water partition coefficient (Wildman–Crippen LogP) is 4.85. The van der Waals surface area contributed by atoms with Crippen LogP contribution in [0.4, 0.5) is 0 Å². The van der Waals surface area contributed by atoms with E-state index in [1.165, 1.54) is 43.4 Å². The normalized spacial score (nSPS) is 25.9. The van der Waals surface area contributed by atoms with Crippen LogP contribution < -0.4 is 0 Å². The van der Waals surface area contributed by atoms with Gasteiger partial charge in [-0.1, -0.05) is 30.3 Å². The molecular weight excluding hydrogens is 390 g/mol. The summed E-state index contributed by atoms with van der Waals surface area (Å²) in [5.74, 6) is 5.83. The van der Waals surface area contributed by atoms with Gasteiger partial charge in [-0.05, 0) is 66.8 Å². The molecule has 156 valence electrons. The third kappa shape index (κ3) is 6.41. The zero-order valence-corrected chi connectivity index (χ0v) is 18.4. The van der Waals surface area contributed by atoms with E-state index < -0.39 is 0 Å². The number of ether oxygens (including phenoxy) is 1. The summed E-state index contributed by atoms with van der Waals surface area (Å²) in [5.41, 5.74) is 1.41. The first-order chi connectivity index (χ1) is 13.6. The Bertz CT molecular complexity index is 599. The standard InChI is InChI=1S/C22H33NO3S2/c1-23(25)22(24)9-5-6-13-27-14-12-18-19(21-11-10-20(18)26-21)16-28-15-17-7-3-2-4-8-17/h2-4,7-8,18-21,25H,5-6,9-16H2,1H3. The third-order valence-electron chi connectivity index (χ3n) is 5.90. The number of fused-ring (bicyclic) bond motifs is 2. The lowest BCUT2D eigenvalue weighted by molar-refractivity contribution is -0.159. The molecule has 28 heavy (non-hydrogen) atoms. The summed E-state index contributed by atoms with van der Waals surface area (Å²) < 4.78 is 6.26. The molecule has 1 amide bonds. The molecule has 4 unspecified atom stereocenters. The van der Waals surface area contributed by atoms with Crippen LogP contribution in [0.5, 0.6) is 0 Å². The topological polar surface area (TPSA) is 49.8 Å². The van der Waals surface area contributed by atoms with E-state index in [4.69, 9.17) is 9.94 Å². The Hall–Kier alpha value is -0.690. The van der Waals surface area contributed by atoms with Gasteiger partial charge in [0.05, 0.1) is 12.2 Å². The molecule has 2 fully saturated rings. The molecule has 2 saturated heterocycles. The third-order valence-corrected chi connectivity index (χ3v) is 8.16. The molecule has 0 saturated carbocycles. The quantitative estimate of drug-likeness (QED) is 0.296. The van der Waals surface area contributed by atoms with Crippen LogP contribution >= 0.6 is 23.5 Å². The minimum Gasteiger partial charge on any atom is -0.374 e. The molecule has 0 radical (unpaired) electrons. The summed E-state index contributed by atoms with van der Waals surface area (Å²) in [4.78, 5) is 11.3. The summed E-state index contributed by atoms with van der Waals surface area (Å²) in [7, 11) is 1.39. The Labute approximate surface area is 177 Å². The number of amides is 1. The fraction of sp³-hybridized carbons (Fsp3) is 0.682. The van der Waals surface area contributed by atoms with Crippen LogP contribution in [0, 0.1) is 11.8 Å². The first-order valence-corrected chi connectivity index (χ1v) is 12.8. The van der Waals surface area contributed by atoms with Gasteiger partial charge in [-0.3, -0.25) is 10.0 Å². The monoisotopic (exact) mass is 423 g/mol. The summed E-state index contributed by atoms with van der Waals surface area (Å²) in [6.45, 7) is 0. The van der Waals surface area contributed by atoms with E-state index in [0.717, 1.165) is 30.3 Å².